The average Bonchev–Trinajstić information content (AvgIpc) is 2.98. The molecule has 0 aliphatic heterocycles. The van der Waals surface area contributed by atoms with Gasteiger partial charge in [-0.25, -0.2) is 30.4 Å². The molecule has 3 aromatic carbocycles. The molecular formula is C28H27N3O9S2. The molecule has 1 atom stereocenters. The first kappa shape index (κ1) is 30.3. The summed E-state index contributed by atoms with van der Waals surface area (Å²) in [5.41, 5.74) is 0.838. The maximum atomic E-state index is 13.9. The number of aromatic nitrogens is 1. The maximum Gasteiger partial charge on any atom is 0.295 e. The molecule has 12 nitrogen and oxygen atoms in total. The number of sulfonamides is 2. The van der Waals surface area contributed by atoms with E-state index in [4.69, 9.17) is 14.2 Å². The highest BCUT2D eigenvalue weighted by Crippen LogP contribution is 2.37. The summed E-state index contributed by atoms with van der Waals surface area (Å²) in [4.78, 5) is 26.5. The summed E-state index contributed by atoms with van der Waals surface area (Å²) in [6, 6.07) is 18.0. The van der Waals surface area contributed by atoms with E-state index in [0.717, 1.165) is 20.4 Å². The van der Waals surface area contributed by atoms with Crippen LogP contribution in [0.2, 0.25) is 0 Å². The van der Waals surface area contributed by atoms with Gasteiger partial charge < -0.3 is 14.2 Å². The normalized spacial score (nSPS) is 12.3. The van der Waals surface area contributed by atoms with E-state index in [-0.39, 0.29) is 45.0 Å². The molecule has 1 unspecified atom stereocenters. The Labute approximate surface area is 243 Å². The van der Waals surface area contributed by atoms with E-state index < -0.39 is 33.0 Å². The van der Waals surface area contributed by atoms with Crippen LogP contribution in [-0.2, 0) is 39.1 Å². The van der Waals surface area contributed by atoms with E-state index in [1.165, 1.54) is 50.4 Å². The number of hydrogen-bond acceptors (Lipinski definition) is 10. The van der Waals surface area contributed by atoms with Gasteiger partial charge in [0.15, 0.2) is 18.8 Å². The summed E-state index contributed by atoms with van der Waals surface area (Å²) in [7, 11) is -7.22. The SMILES string of the molecule is COc1ccc(S(=O)(=O)N(COC=O)c2cnc(N(C(C)OC=O)S(=O)(=O)c3ccc(C)cc3)c3ccccc23)cc1. The van der Waals surface area contributed by atoms with Crippen molar-refractivity contribution in [3.8, 4) is 5.75 Å². The van der Waals surface area contributed by atoms with Crippen LogP contribution in [0.4, 0.5) is 11.5 Å². The first-order valence-electron chi connectivity index (χ1n) is 12.4. The number of pyridine rings is 1. The van der Waals surface area contributed by atoms with Crippen LogP contribution in [-0.4, -0.2) is 54.8 Å². The average molecular weight is 614 g/mol. The molecule has 0 N–H and O–H groups in total. The van der Waals surface area contributed by atoms with Gasteiger partial charge in [-0.3, -0.25) is 9.59 Å². The topological polar surface area (TPSA) is 149 Å². The van der Waals surface area contributed by atoms with Gasteiger partial charge in [0.2, 0.25) is 0 Å². The predicted molar refractivity (Wildman–Crippen MR) is 154 cm³/mol. The fourth-order valence-electron chi connectivity index (χ4n) is 4.22. The molecule has 1 aromatic heterocycles. The molecule has 42 heavy (non-hydrogen) atoms. The van der Waals surface area contributed by atoms with Crippen LogP contribution >= 0.6 is 0 Å². The number of ether oxygens (including phenoxy) is 3. The largest absolute Gasteiger partial charge is 0.497 e. The maximum absolute atomic E-state index is 13.9. The fraction of sp³-hybridized carbons (Fsp3) is 0.179. The highest BCUT2D eigenvalue weighted by molar-refractivity contribution is 7.93. The molecule has 0 spiro atoms. The number of carbonyl (C=O) groups is 2. The van der Waals surface area contributed by atoms with Gasteiger partial charge in [-0.2, -0.15) is 0 Å². The van der Waals surface area contributed by atoms with Crippen molar-refractivity contribution in [1.29, 1.82) is 0 Å². The molecule has 0 amide bonds. The molecule has 220 valence electrons. The van der Waals surface area contributed by atoms with E-state index in [9.17, 15) is 26.4 Å². The van der Waals surface area contributed by atoms with E-state index in [1.54, 1.807) is 43.3 Å². The molecular weight excluding hydrogens is 586 g/mol. The van der Waals surface area contributed by atoms with E-state index >= 15 is 0 Å². The number of benzene rings is 3. The van der Waals surface area contributed by atoms with Crippen molar-refractivity contribution in [1.82, 2.24) is 4.98 Å². The lowest BCUT2D eigenvalue weighted by molar-refractivity contribution is -0.132. The molecule has 0 saturated carbocycles. The van der Waals surface area contributed by atoms with Gasteiger partial charge in [0.05, 0.1) is 28.8 Å². The Hall–Kier alpha value is -4.69. The number of rotatable bonds is 13. The van der Waals surface area contributed by atoms with E-state index in [2.05, 4.69) is 4.98 Å². The van der Waals surface area contributed by atoms with Crippen LogP contribution in [0.1, 0.15) is 12.5 Å². The minimum atomic E-state index is -4.34. The van der Waals surface area contributed by atoms with Crippen LogP contribution in [0.3, 0.4) is 0 Å². The zero-order valence-corrected chi connectivity index (χ0v) is 24.4. The monoisotopic (exact) mass is 613 g/mol. The highest BCUT2D eigenvalue weighted by Gasteiger charge is 2.35. The fourth-order valence-corrected chi connectivity index (χ4v) is 7.08. The predicted octanol–water partition coefficient (Wildman–Crippen LogP) is 3.59. The van der Waals surface area contributed by atoms with Crippen molar-refractivity contribution in [2.24, 2.45) is 0 Å². The van der Waals surface area contributed by atoms with Crippen molar-refractivity contribution < 1.29 is 40.6 Å². The summed E-state index contributed by atoms with van der Waals surface area (Å²) in [5, 5.41) is 0.476. The van der Waals surface area contributed by atoms with Crippen LogP contribution in [0.25, 0.3) is 10.8 Å². The number of hydrogen-bond donors (Lipinski definition) is 0. The summed E-state index contributed by atoms with van der Waals surface area (Å²) in [5.74, 6) is 0.310. The highest BCUT2D eigenvalue weighted by atomic mass is 32.2. The molecule has 0 fully saturated rings. The number of aryl methyl sites for hydroxylation is 1. The first-order chi connectivity index (χ1) is 20.1. The molecule has 0 aliphatic rings. The second kappa shape index (κ2) is 12.4. The van der Waals surface area contributed by atoms with Crippen molar-refractivity contribution in [3.05, 3.63) is 84.6 Å². The number of methoxy groups -OCH3 is 1. The lowest BCUT2D eigenvalue weighted by Crippen LogP contribution is -2.41. The molecule has 4 rings (SSSR count). The second-order valence-electron chi connectivity index (χ2n) is 8.88. The third kappa shape index (κ3) is 5.85. The minimum absolute atomic E-state index is 0.00339. The standard InChI is InChI=1S/C28H27N3O9S2/c1-20-8-12-24(13-9-20)42(36,37)31(21(2)40-19-33)28-26-7-5-4-6-25(26)27(16-29-28)30(17-39-18-32)41(34,35)23-14-10-22(38-3)11-15-23/h4-16,18-19,21H,17H2,1-3H3. The molecule has 1 heterocycles. The zero-order chi connectivity index (χ0) is 30.5. The molecule has 0 radical (unpaired) electrons. The Kier molecular flexibility index (Phi) is 8.97. The third-order valence-electron chi connectivity index (χ3n) is 6.30. The Balaban J connectivity index is 1.94. The Morgan fingerprint density at radius 1 is 0.833 bits per heavy atom. The van der Waals surface area contributed by atoms with Crippen LogP contribution in [0, 0.1) is 6.92 Å². The van der Waals surface area contributed by atoms with Gasteiger partial charge >= 0.3 is 0 Å². The van der Waals surface area contributed by atoms with E-state index in [1.807, 2.05) is 0 Å². The van der Waals surface area contributed by atoms with Crippen LogP contribution in [0.5, 0.6) is 5.75 Å². The first-order valence-corrected chi connectivity index (χ1v) is 15.2. The summed E-state index contributed by atoms with van der Waals surface area (Å²) < 4.78 is 72.0. The van der Waals surface area contributed by atoms with Crippen LogP contribution in [0.15, 0.2) is 88.8 Å². The Morgan fingerprint density at radius 3 is 2.02 bits per heavy atom. The second-order valence-corrected chi connectivity index (χ2v) is 12.6. The van der Waals surface area contributed by atoms with Gasteiger partial charge in [-0.15, -0.1) is 0 Å². The van der Waals surface area contributed by atoms with Crippen molar-refractivity contribution >= 4 is 55.3 Å². The minimum Gasteiger partial charge on any atom is -0.497 e. The molecule has 0 saturated heterocycles. The van der Waals surface area contributed by atoms with Crippen LogP contribution < -0.4 is 13.3 Å². The number of carbonyl (C=O) groups excluding carboxylic acids is 2. The summed E-state index contributed by atoms with van der Waals surface area (Å²) in [6.45, 7) is 2.70. The number of nitrogens with zero attached hydrogens (tertiary/aromatic N) is 3. The van der Waals surface area contributed by atoms with Crippen molar-refractivity contribution in [2.45, 2.75) is 29.9 Å². The van der Waals surface area contributed by atoms with Gasteiger partial charge in [0.1, 0.15) is 5.75 Å². The van der Waals surface area contributed by atoms with E-state index in [0.29, 0.717) is 5.75 Å². The lowest BCUT2D eigenvalue weighted by atomic mass is 10.1. The molecule has 0 bridgehead atoms. The third-order valence-corrected chi connectivity index (χ3v) is 9.90. The molecule has 4 aromatic rings. The molecule has 0 aliphatic carbocycles. The van der Waals surface area contributed by atoms with Crippen molar-refractivity contribution in [3.63, 3.8) is 0 Å². The van der Waals surface area contributed by atoms with Gasteiger partial charge in [0, 0.05) is 10.8 Å². The van der Waals surface area contributed by atoms with Gasteiger partial charge in [-0.05, 0) is 50.2 Å². The Morgan fingerprint density at radius 2 is 1.43 bits per heavy atom. The van der Waals surface area contributed by atoms with Gasteiger partial charge in [0.25, 0.3) is 33.0 Å². The summed E-state index contributed by atoms with van der Waals surface area (Å²) in [6.07, 6.45) is -0.175. The zero-order valence-electron chi connectivity index (χ0n) is 22.8. The van der Waals surface area contributed by atoms with Crippen molar-refractivity contribution in [2.75, 3.05) is 22.5 Å². The lowest BCUT2D eigenvalue weighted by Gasteiger charge is -2.30. The number of anilines is 2. The smallest absolute Gasteiger partial charge is 0.295 e. The number of fused-ring (bicyclic) bond motifs is 1. The quantitative estimate of drug-likeness (QED) is 0.162. The van der Waals surface area contributed by atoms with Gasteiger partial charge in [-0.1, -0.05) is 42.0 Å². The molecule has 14 heteroatoms. The Bertz CT molecular complexity index is 1800. The summed E-state index contributed by atoms with van der Waals surface area (Å²) >= 11 is 0.